The van der Waals surface area contributed by atoms with Gasteiger partial charge < -0.3 is 10.1 Å². The number of cyclic esters (lactones) is 1. The van der Waals surface area contributed by atoms with E-state index in [4.69, 9.17) is 4.74 Å². The van der Waals surface area contributed by atoms with Crippen LogP contribution in [0.1, 0.15) is 73.6 Å². The van der Waals surface area contributed by atoms with E-state index in [1.807, 2.05) is 0 Å². The van der Waals surface area contributed by atoms with Crippen molar-refractivity contribution in [3.63, 3.8) is 0 Å². The van der Waals surface area contributed by atoms with Crippen LogP contribution >= 0.6 is 0 Å². The second kappa shape index (κ2) is 10.8. The number of nitriles is 1. The molecule has 4 aliphatic rings. The molecule has 4 fully saturated rings. The Morgan fingerprint density at radius 1 is 0.975 bits per heavy atom. The van der Waals surface area contributed by atoms with Gasteiger partial charge in [0.05, 0.1) is 11.6 Å². The molecular weight excluding hydrogens is 521 g/mol. The molecule has 0 spiro atoms. The van der Waals surface area contributed by atoms with Crippen LogP contribution in [-0.4, -0.2) is 53.2 Å². The lowest BCUT2D eigenvalue weighted by Gasteiger charge is -2.35. The van der Waals surface area contributed by atoms with Gasteiger partial charge in [0.1, 0.15) is 18.0 Å². The first-order valence-corrected chi connectivity index (χ1v) is 14.0. The first-order valence-electron chi connectivity index (χ1n) is 14.0. The molecule has 2 aliphatic carbocycles. The smallest absolute Gasteiger partial charge is 0.419 e. The van der Waals surface area contributed by atoms with E-state index in [-0.39, 0.29) is 17.9 Å². The van der Waals surface area contributed by atoms with Gasteiger partial charge in [0.15, 0.2) is 11.6 Å². The van der Waals surface area contributed by atoms with E-state index in [1.165, 1.54) is 18.2 Å². The van der Waals surface area contributed by atoms with E-state index in [1.54, 1.807) is 6.07 Å². The van der Waals surface area contributed by atoms with Gasteiger partial charge in [0.2, 0.25) is 0 Å². The third kappa shape index (κ3) is 5.15. The highest BCUT2D eigenvalue weighted by Crippen LogP contribution is 2.46. The molecule has 40 heavy (non-hydrogen) atoms. The van der Waals surface area contributed by atoms with Gasteiger partial charge in [-0.15, -0.1) is 0 Å². The third-order valence-corrected chi connectivity index (χ3v) is 8.95. The van der Waals surface area contributed by atoms with Crippen LogP contribution in [0.4, 0.5) is 22.8 Å². The van der Waals surface area contributed by atoms with Gasteiger partial charge in [0, 0.05) is 25.2 Å². The number of benzene rings is 2. The zero-order chi connectivity index (χ0) is 28.0. The molecule has 1 N–H and O–H groups in total. The summed E-state index contributed by atoms with van der Waals surface area (Å²) in [6.07, 6.45) is 4.76. The zero-order valence-electron chi connectivity index (χ0n) is 22.0. The van der Waals surface area contributed by atoms with Crippen LogP contribution in [0.3, 0.4) is 0 Å². The van der Waals surface area contributed by atoms with Crippen LogP contribution in [-0.2, 0) is 4.74 Å². The quantitative estimate of drug-likeness (QED) is 0.510. The fourth-order valence-electron chi connectivity index (χ4n) is 6.74. The lowest BCUT2D eigenvalue weighted by atomic mass is 9.80. The van der Waals surface area contributed by atoms with Gasteiger partial charge in [-0.05, 0) is 92.2 Å². The molecule has 210 valence electrons. The number of nitrogens with one attached hydrogen (secondary N) is 1. The number of carbonyl (C=O) groups excluding carboxylic acids is 2. The molecule has 2 aromatic rings. The summed E-state index contributed by atoms with van der Waals surface area (Å²) in [6.45, 7) is 1.45. The molecule has 2 saturated heterocycles. The van der Waals surface area contributed by atoms with Crippen molar-refractivity contribution in [2.24, 2.45) is 5.92 Å². The standard InChI is InChI=1S/C30H31F3N4O3/c31-21-6-9-24(20(13-21)15-34)17-3-7-23(8-4-17)36-12-11-22(16-36)35-29(38)37-27(19-5-10-25(32)26(33)14-19)28(18-1-2-18)40-30(37)39/h5-6,9-10,13-14,17-18,22-23,27-28H,1-4,7-8,11-12,16H2,(H,35,38). The predicted molar refractivity (Wildman–Crippen MR) is 139 cm³/mol. The van der Waals surface area contributed by atoms with E-state index in [2.05, 4.69) is 16.3 Å². The van der Waals surface area contributed by atoms with Gasteiger partial charge in [0.25, 0.3) is 0 Å². The highest BCUT2D eigenvalue weighted by Gasteiger charge is 2.52. The fourth-order valence-corrected chi connectivity index (χ4v) is 6.74. The summed E-state index contributed by atoms with van der Waals surface area (Å²) >= 11 is 0. The predicted octanol–water partition coefficient (Wildman–Crippen LogP) is 5.76. The molecule has 10 heteroatoms. The number of hydrogen-bond donors (Lipinski definition) is 1. The molecular formula is C30H31F3N4O3. The van der Waals surface area contributed by atoms with E-state index in [0.717, 1.165) is 74.1 Å². The Kier molecular flexibility index (Phi) is 7.17. The molecule has 7 nitrogen and oxygen atoms in total. The average molecular weight is 553 g/mol. The van der Waals surface area contributed by atoms with Crippen molar-refractivity contribution in [2.45, 2.75) is 75.1 Å². The molecule has 3 unspecified atom stereocenters. The minimum Gasteiger partial charge on any atom is -0.443 e. The van der Waals surface area contributed by atoms with E-state index in [9.17, 15) is 28.0 Å². The van der Waals surface area contributed by atoms with Crippen molar-refractivity contribution in [3.8, 4) is 6.07 Å². The van der Waals surface area contributed by atoms with Crippen molar-refractivity contribution in [1.29, 1.82) is 5.26 Å². The number of rotatable bonds is 5. The van der Waals surface area contributed by atoms with Gasteiger partial charge in [-0.25, -0.2) is 27.7 Å². The number of imide groups is 1. The number of nitrogens with zero attached hydrogens (tertiary/aromatic N) is 3. The zero-order valence-corrected chi connectivity index (χ0v) is 22.0. The highest BCUT2D eigenvalue weighted by atomic mass is 19.2. The Labute approximate surface area is 230 Å². The number of hydrogen-bond acceptors (Lipinski definition) is 5. The molecule has 2 aliphatic heterocycles. The Bertz CT molecular complexity index is 1350. The van der Waals surface area contributed by atoms with Crippen LogP contribution in [0.25, 0.3) is 0 Å². The highest BCUT2D eigenvalue weighted by molar-refractivity contribution is 5.93. The maximum Gasteiger partial charge on any atom is 0.419 e. The van der Waals surface area contributed by atoms with Gasteiger partial charge >= 0.3 is 12.1 Å². The lowest BCUT2D eigenvalue weighted by molar-refractivity contribution is 0.118. The molecule has 0 radical (unpaired) electrons. The van der Waals surface area contributed by atoms with Gasteiger partial charge in [-0.1, -0.05) is 12.1 Å². The summed E-state index contributed by atoms with van der Waals surface area (Å²) in [4.78, 5) is 29.6. The number of amides is 3. The minimum absolute atomic E-state index is 0.0936. The fraction of sp³-hybridized carbons (Fsp3) is 0.500. The first kappa shape index (κ1) is 26.6. The van der Waals surface area contributed by atoms with Crippen molar-refractivity contribution >= 4 is 12.1 Å². The van der Waals surface area contributed by atoms with Crippen LogP contribution in [0, 0.1) is 34.7 Å². The first-order chi connectivity index (χ1) is 19.3. The molecule has 0 bridgehead atoms. The molecule has 2 saturated carbocycles. The van der Waals surface area contributed by atoms with Gasteiger partial charge in [-0.2, -0.15) is 5.26 Å². The van der Waals surface area contributed by atoms with E-state index in [0.29, 0.717) is 23.7 Å². The normalized spacial score (nSPS) is 28.8. The minimum atomic E-state index is -1.03. The third-order valence-electron chi connectivity index (χ3n) is 8.95. The number of ether oxygens (including phenoxy) is 1. The lowest BCUT2D eigenvalue weighted by Crippen LogP contribution is -2.48. The average Bonchev–Trinajstić information content (AvgIpc) is 3.59. The van der Waals surface area contributed by atoms with Gasteiger partial charge in [-0.3, -0.25) is 4.90 Å². The van der Waals surface area contributed by atoms with Crippen LogP contribution in [0.15, 0.2) is 36.4 Å². The largest absolute Gasteiger partial charge is 0.443 e. The van der Waals surface area contributed by atoms with Crippen molar-refractivity contribution in [3.05, 3.63) is 70.5 Å². The monoisotopic (exact) mass is 552 g/mol. The molecule has 2 heterocycles. The maximum absolute atomic E-state index is 14.1. The van der Waals surface area contributed by atoms with Crippen LogP contribution in [0.5, 0.6) is 0 Å². The molecule has 2 aromatic carbocycles. The Morgan fingerprint density at radius 3 is 2.45 bits per heavy atom. The molecule has 6 rings (SSSR count). The van der Waals surface area contributed by atoms with E-state index >= 15 is 0 Å². The van der Waals surface area contributed by atoms with E-state index < -0.39 is 41.7 Å². The number of urea groups is 1. The molecule has 0 aromatic heterocycles. The summed E-state index contributed by atoms with van der Waals surface area (Å²) in [5.41, 5.74) is 1.65. The Morgan fingerprint density at radius 2 is 1.75 bits per heavy atom. The Hall–Kier alpha value is -3.58. The number of carbonyl (C=O) groups is 2. The maximum atomic E-state index is 14.1. The number of halogens is 3. The van der Waals surface area contributed by atoms with Crippen LogP contribution < -0.4 is 5.32 Å². The summed E-state index contributed by atoms with van der Waals surface area (Å²) in [5, 5.41) is 12.4. The SMILES string of the molecule is N#Cc1cc(F)ccc1C1CCC(N2CCC(NC(=O)N3C(=O)OC(C4CC4)C3c3ccc(F)c(F)c3)C2)CC1. The Balaban J connectivity index is 1.08. The second-order valence-electron chi connectivity index (χ2n) is 11.5. The number of likely N-dealkylation sites (tertiary alicyclic amines) is 1. The van der Waals surface area contributed by atoms with Crippen LogP contribution in [0.2, 0.25) is 0 Å². The summed E-state index contributed by atoms with van der Waals surface area (Å²) < 4.78 is 46.8. The molecule has 3 amide bonds. The summed E-state index contributed by atoms with van der Waals surface area (Å²) in [7, 11) is 0. The molecule has 3 atom stereocenters. The second-order valence-corrected chi connectivity index (χ2v) is 11.5. The van der Waals surface area contributed by atoms with Crippen molar-refractivity contribution in [1.82, 2.24) is 15.1 Å². The van der Waals surface area contributed by atoms with Crippen molar-refractivity contribution < 1.29 is 27.5 Å². The summed E-state index contributed by atoms with van der Waals surface area (Å²) in [6, 6.07) is 8.79. The van der Waals surface area contributed by atoms with Crippen molar-refractivity contribution in [2.75, 3.05) is 13.1 Å². The topological polar surface area (TPSA) is 85.7 Å². The summed E-state index contributed by atoms with van der Waals surface area (Å²) in [5.74, 6) is -2.11.